The van der Waals surface area contributed by atoms with E-state index in [1.165, 1.54) is 5.56 Å². The van der Waals surface area contributed by atoms with Crippen LogP contribution in [0.3, 0.4) is 0 Å². The molecule has 4 nitrogen and oxygen atoms in total. The minimum Gasteiger partial charge on any atom is -0.472 e. The normalized spacial score (nSPS) is 23.6. The topological polar surface area (TPSA) is 37.6 Å². The number of nitrogens with zero attached hydrogens (tertiary/aromatic N) is 1. The zero-order valence-electron chi connectivity index (χ0n) is 13.2. The Bertz CT molecular complexity index is 389. The fourth-order valence-electron chi connectivity index (χ4n) is 2.74. The Kier molecular flexibility index (Phi) is 4.89. The standard InChI is InChI=1S/C16H28N2O2/c1-15(2,3)17-11-16(6-8-20-13-16)12-18(4)9-14-5-7-19-10-14/h5,7,10,17H,6,8-9,11-13H2,1-4H3. The lowest BCUT2D eigenvalue weighted by Gasteiger charge is -2.35. The highest BCUT2D eigenvalue weighted by molar-refractivity contribution is 5.05. The van der Waals surface area contributed by atoms with Gasteiger partial charge in [0.15, 0.2) is 0 Å². The zero-order chi connectivity index (χ0) is 14.6. The van der Waals surface area contributed by atoms with E-state index >= 15 is 0 Å². The van der Waals surface area contributed by atoms with Crippen LogP contribution in [0.1, 0.15) is 32.8 Å². The van der Waals surface area contributed by atoms with Gasteiger partial charge < -0.3 is 19.4 Å². The maximum absolute atomic E-state index is 5.68. The van der Waals surface area contributed by atoms with Crippen molar-refractivity contribution in [3.63, 3.8) is 0 Å². The molecule has 1 N–H and O–H groups in total. The van der Waals surface area contributed by atoms with Gasteiger partial charge in [-0.15, -0.1) is 0 Å². The van der Waals surface area contributed by atoms with E-state index in [1.807, 2.05) is 12.3 Å². The molecular formula is C16H28N2O2. The summed E-state index contributed by atoms with van der Waals surface area (Å²) in [5.41, 5.74) is 1.61. The Hall–Kier alpha value is -0.840. The van der Waals surface area contributed by atoms with Crippen LogP contribution in [0, 0.1) is 5.41 Å². The van der Waals surface area contributed by atoms with Gasteiger partial charge in [-0.3, -0.25) is 0 Å². The molecule has 1 fully saturated rings. The molecule has 114 valence electrons. The van der Waals surface area contributed by atoms with Gasteiger partial charge in [-0.25, -0.2) is 0 Å². The second-order valence-corrected chi connectivity index (χ2v) is 7.21. The van der Waals surface area contributed by atoms with Gasteiger partial charge in [0.05, 0.1) is 19.1 Å². The number of hydrogen-bond donors (Lipinski definition) is 1. The SMILES string of the molecule is CN(Cc1ccoc1)CC1(CNC(C)(C)C)CCOC1. The summed E-state index contributed by atoms with van der Waals surface area (Å²) in [6, 6.07) is 2.03. The Morgan fingerprint density at radius 2 is 2.20 bits per heavy atom. The van der Waals surface area contributed by atoms with Crippen LogP contribution in [0.25, 0.3) is 0 Å². The molecule has 0 spiro atoms. The molecular weight excluding hydrogens is 252 g/mol. The van der Waals surface area contributed by atoms with Crippen LogP contribution < -0.4 is 5.32 Å². The molecule has 1 unspecified atom stereocenters. The van der Waals surface area contributed by atoms with Gasteiger partial charge in [0.2, 0.25) is 0 Å². The average Bonchev–Trinajstić information content (AvgIpc) is 2.98. The number of nitrogens with one attached hydrogen (secondary N) is 1. The second kappa shape index (κ2) is 6.29. The van der Waals surface area contributed by atoms with Gasteiger partial charge in [0, 0.05) is 42.8 Å². The van der Waals surface area contributed by atoms with E-state index in [9.17, 15) is 0 Å². The van der Waals surface area contributed by atoms with Crippen LogP contribution >= 0.6 is 0 Å². The van der Waals surface area contributed by atoms with Crippen molar-refractivity contribution >= 4 is 0 Å². The van der Waals surface area contributed by atoms with E-state index in [2.05, 4.69) is 38.0 Å². The number of ether oxygens (including phenoxy) is 1. The molecule has 1 aromatic rings. The molecule has 4 heteroatoms. The summed E-state index contributed by atoms with van der Waals surface area (Å²) < 4.78 is 10.8. The van der Waals surface area contributed by atoms with E-state index in [0.29, 0.717) is 0 Å². The largest absolute Gasteiger partial charge is 0.472 e. The molecule has 0 amide bonds. The Balaban J connectivity index is 1.91. The van der Waals surface area contributed by atoms with Gasteiger partial charge >= 0.3 is 0 Å². The van der Waals surface area contributed by atoms with Crippen LogP contribution in [0.2, 0.25) is 0 Å². The lowest BCUT2D eigenvalue weighted by molar-refractivity contribution is 0.110. The first kappa shape index (κ1) is 15.5. The summed E-state index contributed by atoms with van der Waals surface area (Å²) >= 11 is 0. The van der Waals surface area contributed by atoms with Gasteiger partial charge in [-0.05, 0) is 40.3 Å². The predicted octanol–water partition coefficient (Wildman–Crippen LogP) is 2.51. The van der Waals surface area contributed by atoms with Crippen molar-refractivity contribution in [3.05, 3.63) is 24.2 Å². The van der Waals surface area contributed by atoms with Crippen LogP contribution in [0.15, 0.2) is 23.0 Å². The molecule has 1 atom stereocenters. The first-order valence-electron chi connectivity index (χ1n) is 7.41. The van der Waals surface area contributed by atoms with Crippen molar-refractivity contribution in [2.24, 2.45) is 5.41 Å². The van der Waals surface area contributed by atoms with Crippen LogP contribution in [-0.2, 0) is 11.3 Å². The van der Waals surface area contributed by atoms with E-state index in [4.69, 9.17) is 9.15 Å². The lowest BCUT2D eigenvalue weighted by atomic mass is 9.85. The predicted molar refractivity (Wildman–Crippen MR) is 80.7 cm³/mol. The molecule has 0 saturated carbocycles. The van der Waals surface area contributed by atoms with Gasteiger partial charge in [-0.2, -0.15) is 0 Å². The van der Waals surface area contributed by atoms with E-state index in [0.717, 1.165) is 39.3 Å². The highest BCUT2D eigenvalue weighted by Gasteiger charge is 2.36. The van der Waals surface area contributed by atoms with Crippen LogP contribution in [-0.4, -0.2) is 43.8 Å². The molecule has 0 bridgehead atoms. The number of hydrogen-bond acceptors (Lipinski definition) is 4. The maximum atomic E-state index is 5.68. The molecule has 0 aliphatic carbocycles. The minimum absolute atomic E-state index is 0.152. The Morgan fingerprint density at radius 3 is 2.75 bits per heavy atom. The maximum Gasteiger partial charge on any atom is 0.0947 e. The molecule has 1 aromatic heterocycles. The summed E-state index contributed by atoms with van der Waals surface area (Å²) in [5.74, 6) is 0. The smallest absolute Gasteiger partial charge is 0.0947 e. The van der Waals surface area contributed by atoms with Crippen molar-refractivity contribution in [2.75, 3.05) is 33.4 Å². The Morgan fingerprint density at radius 1 is 1.40 bits per heavy atom. The first-order chi connectivity index (χ1) is 9.39. The molecule has 20 heavy (non-hydrogen) atoms. The molecule has 1 saturated heterocycles. The highest BCUT2D eigenvalue weighted by atomic mass is 16.5. The van der Waals surface area contributed by atoms with E-state index < -0.39 is 0 Å². The van der Waals surface area contributed by atoms with Crippen LogP contribution in [0.5, 0.6) is 0 Å². The monoisotopic (exact) mass is 280 g/mol. The van der Waals surface area contributed by atoms with E-state index in [1.54, 1.807) is 6.26 Å². The van der Waals surface area contributed by atoms with Gasteiger partial charge in [-0.1, -0.05) is 0 Å². The number of furan rings is 1. The average molecular weight is 280 g/mol. The van der Waals surface area contributed by atoms with Gasteiger partial charge in [0.25, 0.3) is 0 Å². The van der Waals surface area contributed by atoms with Crippen molar-refractivity contribution in [2.45, 2.75) is 39.3 Å². The molecule has 2 heterocycles. The first-order valence-corrected chi connectivity index (χ1v) is 7.41. The van der Waals surface area contributed by atoms with Crippen molar-refractivity contribution in [1.82, 2.24) is 10.2 Å². The summed E-state index contributed by atoms with van der Waals surface area (Å²) in [5, 5.41) is 3.64. The quantitative estimate of drug-likeness (QED) is 0.869. The molecule has 0 aromatic carbocycles. The van der Waals surface area contributed by atoms with Crippen molar-refractivity contribution in [1.29, 1.82) is 0 Å². The minimum atomic E-state index is 0.152. The summed E-state index contributed by atoms with van der Waals surface area (Å²) in [7, 11) is 2.17. The lowest BCUT2D eigenvalue weighted by Crippen LogP contribution is -2.48. The fourth-order valence-corrected chi connectivity index (χ4v) is 2.74. The van der Waals surface area contributed by atoms with Crippen molar-refractivity contribution < 1.29 is 9.15 Å². The molecule has 2 rings (SSSR count). The van der Waals surface area contributed by atoms with Gasteiger partial charge in [0.1, 0.15) is 0 Å². The van der Waals surface area contributed by atoms with Crippen LogP contribution in [0.4, 0.5) is 0 Å². The highest BCUT2D eigenvalue weighted by Crippen LogP contribution is 2.30. The molecule has 1 aliphatic rings. The Labute approximate surface area is 122 Å². The zero-order valence-corrected chi connectivity index (χ0v) is 13.2. The van der Waals surface area contributed by atoms with E-state index in [-0.39, 0.29) is 11.0 Å². The fraction of sp³-hybridized carbons (Fsp3) is 0.750. The molecule has 0 radical (unpaired) electrons. The third-order valence-corrected chi connectivity index (χ3v) is 3.82. The van der Waals surface area contributed by atoms with Crippen molar-refractivity contribution in [3.8, 4) is 0 Å². The number of rotatable bonds is 6. The molecule has 1 aliphatic heterocycles. The summed E-state index contributed by atoms with van der Waals surface area (Å²) in [4.78, 5) is 2.36. The third-order valence-electron chi connectivity index (χ3n) is 3.82. The summed E-state index contributed by atoms with van der Waals surface area (Å²) in [6.07, 6.45) is 4.69. The summed E-state index contributed by atoms with van der Waals surface area (Å²) in [6.45, 7) is 11.3. The second-order valence-electron chi connectivity index (χ2n) is 7.21. The third kappa shape index (κ3) is 4.62.